The van der Waals surface area contributed by atoms with Gasteiger partial charge in [0.05, 0.1) is 18.1 Å². The molecule has 1 atom stereocenters. The van der Waals surface area contributed by atoms with Gasteiger partial charge >= 0.3 is 6.09 Å². The highest BCUT2D eigenvalue weighted by Gasteiger charge is 2.34. The number of aromatic nitrogens is 2. The Morgan fingerprint density at radius 3 is 2.69 bits per heavy atom. The van der Waals surface area contributed by atoms with E-state index in [1.54, 1.807) is 7.05 Å². The van der Waals surface area contributed by atoms with Crippen LogP contribution in [0.25, 0.3) is 10.9 Å². The van der Waals surface area contributed by atoms with Crippen LogP contribution >= 0.6 is 15.9 Å². The van der Waals surface area contributed by atoms with Gasteiger partial charge in [0, 0.05) is 16.9 Å². The van der Waals surface area contributed by atoms with Crippen molar-refractivity contribution in [2.75, 3.05) is 13.2 Å². The Kier molecular flexibility index (Phi) is 5.06. The van der Waals surface area contributed by atoms with E-state index in [4.69, 9.17) is 4.74 Å². The van der Waals surface area contributed by atoms with E-state index in [-0.39, 0.29) is 19.1 Å². The highest BCUT2D eigenvalue weighted by atomic mass is 79.9. The molecule has 0 spiro atoms. The maximum Gasteiger partial charge on any atom is 0.417 e. The largest absolute Gasteiger partial charge is 0.439 e. The zero-order valence-corrected chi connectivity index (χ0v) is 17.0. The second-order valence-corrected chi connectivity index (χ2v) is 7.55. The molecular formula is C20H17BrN4O4. The van der Waals surface area contributed by atoms with Crippen molar-refractivity contribution in [3.8, 4) is 0 Å². The number of nitrogens with zero attached hydrogens (tertiary/aromatic N) is 3. The van der Waals surface area contributed by atoms with E-state index in [1.807, 2.05) is 48.5 Å². The average molecular weight is 457 g/mol. The van der Waals surface area contributed by atoms with Gasteiger partial charge in [-0.1, -0.05) is 46.3 Å². The normalized spacial score (nSPS) is 14.9. The van der Waals surface area contributed by atoms with Crippen LogP contribution in [0.4, 0.5) is 4.79 Å². The zero-order valence-electron chi connectivity index (χ0n) is 15.5. The molecule has 0 radical (unpaired) electrons. The minimum atomic E-state index is -0.707. The van der Waals surface area contributed by atoms with Gasteiger partial charge in [-0.05, 0) is 23.8 Å². The maximum atomic E-state index is 13.1. The first kappa shape index (κ1) is 19.1. The van der Waals surface area contributed by atoms with Gasteiger partial charge in [0.2, 0.25) is 0 Å². The van der Waals surface area contributed by atoms with Crippen molar-refractivity contribution in [1.82, 2.24) is 20.0 Å². The van der Waals surface area contributed by atoms with E-state index >= 15 is 0 Å². The molecule has 8 nitrogen and oxygen atoms in total. The van der Waals surface area contributed by atoms with Crippen molar-refractivity contribution in [2.24, 2.45) is 7.05 Å². The van der Waals surface area contributed by atoms with E-state index in [2.05, 4.69) is 26.3 Å². The summed E-state index contributed by atoms with van der Waals surface area (Å²) in [5.74, 6) is -0.785. The molecule has 1 aromatic heterocycles. The molecule has 0 aliphatic carbocycles. The van der Waals surface area contributed by atoms with E-state index in [9.17, 15) is 14.4 Å². The van der Waals surface area contributed by atoms with Crippen LogP contribution in [0.3, 0.4) is 0 Å². The van der Waals surface area contributed by atoms with Gasteiger partial charge in [-0.2, -0.15) is 5.10 Å². The number of hydrogen-bond donors (Lipinski definition) is 1. The van der Waals surface area contributed by atoms with Gasteiger partial charge in [-0.3, -0.25) is 14.3 Å². The summed E-state index contributed by atoms with van der Waals surface area (Å²) in [6.45, 7) is -0.301. The van der Waals surface area contributed by atoms with Gasteiger partial charge in [-0.25, -0.2) is 9.69 Å². The summed E-state index contributed by atoms with van der Waals surface area (Å²) in [6.07, 6.45) is -0.707. The topological polar surface area (TPSA) is 93.5 Å². The Morgan fingerprint density at radius 1 is 1.24 bits per heavy atom. The van der Waals surface area contributed by atoms with Gasteiger partial charge < -0.3 is 10.1 Å². The first-order chi connectivity index (χ1) is 13.9. The monoisotopic (exact) mass is 456 g/mol. The molecule has 148 valence electrons. The smallest absolute Gasteiger partial charge is 0.417 e. The Morgan fingerprint density at radius 2 is 2.00 bits per heavy atom. The van der Waals surface area contributed by atoms with E-state index in [0.717, 1.165) is 14.9 Å². The highest BCUT2D eigenvalue weighted by molar-refractivity contribution is 9.10. The third-order valence-corrected chi connectivity index (χ3v) is 5.22. The number of imide groups is 1. The van der Waals surface area contributed by atoms with Crippen LogP contribution in [0.15, 0.2) is 53.0 Å². The van der Waals surface area contributed by atoms with Crippen molar-refractivity contribution >= 4 is 44.7 Å². The standard InChI is InChI=1S/C20H17BrN4O4/c1-24-18(14-8-7-13(21)9-15(14)23-24)19(27)22-16(12-5-3-2-4-6-12)10-25-17(26)11-29-20(25)28/h2-9,16H,10-11H2,1H3,(H,22,27). The lowest BCUT2D eigenvalue weighted by molar-refractivity contribution is -0.126. The van der Waals surface area contributed by atoms with Crippen LogP contribution in [0.1, 0.15) is 22.1 Å². The number of halogens is 1. The fourth-order valence-corrected chi connectivity index (χ4v) is 3.68. The number of amides is 3. The van der Waals surface area contributed by atoms with Gasteiger partial charge in [0.15, 0.2) is 6.61 Å². The van der Waals surface area contributed by atoms with E-state index in [1.165, 1.54) is 4.68 Å². The highest BCUT2D eigenvalue weighted by Crippen LogP contribution is 2.24. The lowest BCUT2D eigenvalue weighted by Crippen LogP contribution is -2.40. The summed E-state index contributed by atoms with van der Waals surface area (Å²) in [4.78, 5) is 38.0. The number of rotatable bonds is 5. The first-order valence-corrected chi connectivity index (χ1v) is 9.68. The van der Waals surface area contributed by atoms with Gasteiger partial charge in [-0.15, -0.1) is 0 Å². The minimum absolute atomic E-state index is 0.0191. The fourth-order valence-electron chi connectivity index (χ4n) is 3.33. The summed E-state index contributed by atoms with van der Waals surface area (Å²) in [6, 6.07) is 14.1. The number of carbonyl (C=O) groups excluding carboxylic acids is 3. The van der Waals surface area contributed by atoms with Crippen molar-refractivity contribution in [3.63, 3.8) is 0 Å². The Balaban J connectivity index is 1.66. The number of cyclic esters (lactones) is 1. The van der Waals surface area contributed by atoms with E-state index in [0.29, 0.717) is 16.6 Å². The molecule has 1 saturated heterocycles. The predicted molar refractivity (Wildman–Crippen MR) is 108 cm³/mol. The molecule has 1 aliphatic heterocycles. The van der Waals surface area contributed by atoms with Crippen LogP contribution in [0.2, 0.25) is 0 Å². The van der Waals surface area contributed by atoms with Gasteiger partial charge in [0.1, 0.15) is 5.69 Å². The fraction of sp³-hybridized carbons (Fsp3) is 0.200. The SMILES string of the molecule is Cn1nc2cc(Br)ccc2c1C(=O)NC(CN1C(=O)COC1=O)c1ccccc1. The van der Waals surface area contributed by atoms with Crippen LogP contribution in [-0.4, -0.2) is 45.7 Å². The quantitative estimate of drug-likeness (QED) is 0.636. The molecule has 0 saturated carbocycles. The lowest BCUT2D eigenvalue weighted by Gasteiger charge is -2.23. The molecule has 2 heterocycles. The number of carbonyl (C=O) groups is 3. The molecule has 4 rings (SSSR count). The molecule has 1 fully saturated rings. The van der Waals surface area contributed by atoms with Crippen molar-refractivity contribution < 1.29 is 19.1 Å². The Hall–Kier alpha value is -3.20. The Bertz CT molecular complexity index is 1100. The molecule has 0 bridgehead atoms. The molecule has 1 unspecified atom stereocenters. The number of nitrogens with one attached hydrogen (secondary N) is 1. The molecule has 3 amide bonds. The number of benzene rings is 2. The summed E-state index contributed by atoms with van der Waals surface area (Å²) in [5.41, 5.74) is 1.84. The number of fused-ring (bicyclic) bond motifs is 1. The maximum absolute atomic E-state index is 13.1. The number of aryl methyl sites for hydroxylation is 1. The third-order valence-electron chi connectivity index (χ3n) is 4.72. The van der Waals surface area contributed by atoms with Crippen molar-refractivity contribution in [2.45, 2.75) is 6.04 Å². The summed E-state index contributed by atoms with van der Waals surface area (Å²) in [5, 5.41) is 8.03. The summed E-state index contributed by atoms with van der Waals surface area (Å²) >= 11 is 3.40. The van der Waals surface area contributed by atoms with Crippen LogP contribution in [0, 0.1) is 0 Å². The second kappa shape index (κ2) is 7.67. The molecule has 1 aliphatic rings. The average Bonchev–Trinajstić information content (AvgIpc) is 3.20. The minimum Gasteiger partial charge on any atom is -0.439 e. The van der Waals surface area contributed by atoms with Crippen molar-refractivity contribution in [1.29, 1.82) is 0 Å². The van der Waals surface area contributed by atoms with Crippen molar-refractivity contribution in [3.05, 3.63) is 64.3 Å². The van der Waals surface area contributed by atoms with Crippen LogP contribution < -0.4 is 5.32 Å². The number of hydrogen-bond acceptors (Lipinski definition) is 5. The zero-order chi connectivity index (χ0) is 20.5. The van der Waals surface area contributed by atoms with E-state index < -0.39 is 18.0 Å². The summed E-state index contributed by atoms with van der Waals surface area (Å²) < 4.78 is 7.17. The third kappa shape index (κ3) is 3.73. The molecule has 9 heteroatoms. The predicted octanol–water partition coefficient (Wildman–Crippen LogP) is 2.79. The first-order valence-electron chi connectivity index (χ1n) is 8.89. The molecular weight excluding hydrogens is 440 g/mol. The summed E-state index contributed by atoms with van der Waals surface area (Å²) in [7, 11) is 1.70. The van der Waals surface area contributed by atoms with Crippen LogP contribution in [0.5, 0.6) is 0 Å². The molecule has 3 aromatic rings. The molecule has 1 N–H and O–H groups in total. The number of ether oxygens (including phenoxy) is 1. The van der Waals surface area contributed by atoms with Gasteiger partial charge in [0.25, 0.3) is 11.8 Å². The Labute approximate surface area is 174 Å². The second-order valence-electron chi connectivity index (χ2n) is 6.63. The molecule has 29 heavy (non-hydrogen) atoms. The lowest BCUT2D eigenvalue weighted by atomic mass is 10.1. The van der Waals surface area contributed by atoms with Crippen LogP contribution in [-0.2, 0) is 16.6 Å². The molecule has 2 aromatic carbocycles.